The van der Waals surface area contributed by atoms with Crippen molar-refractivity contribution in [3.05, 3.63) is 52.3 Å². The normalized spacial score (nSPS) is 10.8. The van der Waals surface area contributed by atoms with E-state index >= 15 is 0 Å². The van der Waals surface area contributed by atoms with Gasteiger partial charge >= 0.3 is 0 Å². The van der Waals surface area contributed by atoms with Crippen LogP contribution in [0.3, 0.4) is 0 Å². The number of tetrazole rings is 1. The number of nitrogens with zero attached hydrogens (tertiary/aromatic N) is 4. The maximum absolute atomic E-state index is 13.2. The standard InChI is InChI=1S/C13H8Cl2FN5/c14-9-2-1-3-10(15)12(9)21-13(18-19-20-21)8-5-4-7(16)6-11(8)17/h1-6H,17H2. The molecular weight excluding hydrogens is 316 g/mol. The van der Waals surface area contributed by atoms with Crippen molar-refractivity contribution < 1.29 is 4.39 Å². The first kappa shape index (κ1) is 13.8. The van der Waals surface area contributed by atoms with Crippen LogP contribution in [0.25, 0.3) is 17.1 Å². The molecule has 0 atom stereocenters. The quantitative estimate of drug-likeness (QED) is 0.734. The number of benzene rings is 2. The monoisotopic (exact) mass is 323 g/mol. The molecule has 0 unspecified atom stereocenters. The number of halogens is 3. The number of hydrogen-bond donors (Lipinski definition) is 1. The van der Waals surface area contributed by atoms with E-state index in [0.29, 0.717) is 27.1 Å². The number of para-hydroxylation sites is 1. The lowest BCUT2D eigenvalue weighted by atomic mass is 10.1. The lowest BCUT2D eigenvalue weighted by Crippen LogP contribution is -2.03. The number of aromatic nitrogens is 4. The van der Waals surface area contributed by atoms with Gasteiger partial charge in [0.05, 0.1) is 10.0 Å². The highest BCUT2D eigenvalue weighted by atomic mass is 35.5. The lowest BCUT2D eigenvalue weighted by molar-refractivity contribution is 0.628. The molecule has 0 aliphatic carbocycles. The lowest BCUT2D eigenvalue weighted by Gasteiger charge is -2.09. The molecule has 0 aliphatic heterocycles. The summed E-state index contributed by atoms with van der Waals surface area (Å²) in [7, 11) is 0. The molecule has 1 heterocycles. The van der Waals surface area contributed by atoms with Gasteiger partial charge in [-0.05, 0) is 40.8 Å². The Morgan fingerprint density at radius 2 is 1.81 bits per heavy atom. The fourth-order valence-electron chi connectivity index (χ4n) is 1.93. The maximum atomic E-state index is 13.2. The van der Waals surface area contributed by atoms with E-state index < -0.39 is 5.82 Å². The molecule has 3 aromatic rings. The summed E-state index contributed by atoms with van der Waals surface area (Å²) in [4.78, 5) is 0. The van der Waals surface area contributed by atoms with E-state index in [9.17, 15) is 4.39 Å². The number of nitrogen functional groups attached to an aromatic ring is 1. The second-order valence-electron chi connectivity index (χ2n) is 4.22. The zero-order valence-electron chi connectivity index (χ0n) is 10.5. The first-order valence-corrected chi connectivity index (χ1v) is 6.61. The molecule has 2 aromatic carbocycles. The summed E-state index contributed by atoms with van der Waals surface area (Å²) in [5, 5.41) is 12.2. The second kappa shape index (κ2) is 5.31. The third kappa shape index (κ3) is 2.43. The number of anilines is 1. The summed E-state index contributed by atoms with van der Waals surface area (Å²) in [6.45, 7) is 0. The molecule has 8 heteroatoms. The van der Waals surface area contributed by atoms with Crippen molar-refractivity contribution in [3.63, 3.8) is 0 Å². The summed E-state index contributed by atoms with van der Waals surface area (Å²) < 4.78 is 14.5. The Bertz CT molecular complexity index is 798. The average Bonchev–Trinajstić information content (AvgIpc) is 2.87. The zero-order chi connectivity index (χ0) is 15.0. The highest BCUT2D eigenvalue weighted by Gasteiger charge is 2.18. The van der Waals surface area contributed by atoms with E-state index in [-0.39, 0.29) is 5.69 Å². The Hall–Kier alpha value is -2.18. The third-order valence-corrected chi connectivity index (χ3v) is 3.48. The minimum atomic E-state index is -0.439. The van der Waals surface area contributed by atoms with Crippen LogP contribution in [0.4, 0.5) is 10.1 Å². The van der Waals surface area contributed by atoms with Crippen molar-refractivity contribution in [2.75, 3.05) is 5.73 Å². The van der Waals surface area contributed by atoms with Gasteiger partial charge in [0.15, 0.2) is 5.82 Å². The SMILES string of the molecule is Nc1cc(F)ccc1-c1nnnn1-c1c(Cl)cccc1Cl. The molecule has 0 saturated carbocycles. The smallest absolute Gasteiger partial charge is 0.189 e. The molecule has 3 rings (SSSR count). The van der Waals surface area contributed by atoms with Gasteiger partial charge in [0.2, 0.25) is 0 Å². The summed E-state index contributed by atoms with van der Waals surface area (Å²) in [5.41, 5.74) is 6.96. The van der Waals surface area contributed by atoms with Gasteiger partial charge in [0, 0.05) is 11.3 Å². The molecule has 2 N–H and O–H groups in total. The second-order valence-corrected chi connectivity index (χ2v) is 5.03. The van der Waals surface area contributed by atoms with Gasteiger partial charge in [-0.15, -0.1) is 5.10 Å². The number of rotatable bonds is 2. The summed E-state index contributed by atoms with van der Waals surface area (Å²) in [6, 6.07) is 9.02. The fourth-order valence-corrected chi connectivity index (χ4v) is 2.49. The Morgan fingerprint density at radius 1 is 1.10 bits per heavy atom. The Kier molecular flexibility index (Phi) is 3.48. The predicted molar refractivity (Wildman–Crippen MR) is 79.0 cm³/mol. The van der Waals surface area contributed by atoms with E-state index in [1.807, 2.05) is 0 Å². The molecule has 0 fully saturated rings. The largest absolute Gasteiger partial charge is 0.398 e. The van der Waals surface area contributed by atoms with Crippen LogP contribution in [0.2, 0.25) is 10.0 Å². The van der Waals surface area contributed by atoms with Crippen molar-refractivity contribution in [2.24, 2.45) is 0 Å². The van der Waals surface area contributed by atoms with Gasteiger partial charge in [-0.25, -0.2) is 4.39 Å². The van der Waals surface area contributed by atoms with Crippen molar-refractivity contribution in [1.82, 2.24) is 20.2 Å². The van der Waals surface area contributed by atoms with E-state index in [0.717, 1.165) is 0 Å². The highest BCUT2D eigenvalue weighted by Crippen LogP contribution is 2.32. The minimum Gasteiger partial charge on any atom is -0.398 e. The molecular formula is C13H8Cl2FN5. The molecule has 1 aromatic heterocycles. The summed E-state index contributed by atoms with van der Waals surface area (Å²) in [6.07, 6.45) is 0. The number of hydrogen-bond acceptors (Lipinski definition) is 4. The Morgan fingerprint density at radius 3 is 2.48 bits per heavy atom. The first-order valence-electron chi connectivity index (χ1n) is 5.86. The maximum Gasteiger partial charge on any atom is 0.189 e. The molecule has 0 saturated heterocycles. The van der Waals surface area contributed by atoms with Crippen molar-refractivity contribution in [1.29, 1.82) is 0 Å². The van der Waals surface area contributed by atoms with Gasteiger partial charge in [-0.2, -0.15) is 4.68 Å². The van der Waals surface area contributed by atoms with Crippen molar-refractivity contribution >= 4 is 28.9 Å². The molecule has 0 spiro atoms. The van der Waals surface area contributed by atoms with Crippen LogP contribution >= 0.6 is 23.2 Å². The third-order valence-electron chi connectivity index (χ3n) is 2.87. The van der Waals surface area contributed by atoms with Gasteiger partial charge in [-0.3, -0.25) is 0 Å². The van der Waals surface area contributed by atoms with Crippen LogP contribution < -0.4 is 5.73 Å². The Labute approximate surface area is 129 Å². The van der Waals surface area contributed by atoms with Crippen molar-refractivity contribution in [2.45, 2.75) is 0 Å². The van der Waals surface area contributed by atoms with Gasteiger partial charge < -0.3 is 5.73 Å². The highest BCUT2D eigenvalue weighted by molar-refractivity contribution is 6.37. The summed E-state index contributed by atoms with van der Waals surface area (Å²) in [5.74, 6) is -0.117. The van der Waals surface area contributed by atoms with Crippen LogP contribution in [0, 0.1) is 5.82 Å². The fraction of sp³-hybridized carbons (Fsp3) is 0. The topological polar surface area (TPSA) is 69.6 Å². The van der Waals surface area contributed by atoms with Crippen LogP contribution in [-0.4, -0.2) is 20.2 Å². The molecule has 5 nitrogen and oxygen atoms in total. The van der Waals surface area contributed by atoms with E-state index in [4.69, 9.17) is 28.9 Å². The first-order chi connectivity index (χ1) is 10.1. The molecule has 0 aliphatic rings. The molecule has 0 bridgehead atoms. The van der Waals surface area contributed by atoms with Gasteiger partial charge in [-0.1, -0.05) is 29.3 Å². The molecule has 0 radical (unpaired) electrons. The van der Waals surface area contributed by atoms with Gasteiger partial charge in [0.25, 0.3) is 0 Å². The van der Waals surface area contributed by atoms with Crippen LogP contribution in [0.5, 0.6) is 0 Å². The number of nitrogens with two attached hydrogens (primary N) is 1. The van der Waals surface area contributed by atoms with E-state index in [1.54, 1.807) is 18.2 Å². The van der Waals surface area contributed by atoms with Crippen LogP contribution in [0.1, 0.15) is 0 Å². The van der Waals surface area contributed by atoms with Crippen LogP contribution in [0.15, 0.2) is 36.4 Å². The molecule has 0 amide bonds. The van der Waals surface area contributed by atoms with E-state index in [2.05, 4.69) is 15.5 Å². The van der Waals surface area contributed by atoms with Gasteiger partial charge in [0.1, 0.15) is 11.5 Å². The Balaban J connectivity index is 2.22. The van der Waals surface area contributed by atoms with E-state index in [1.165, 1.54) is 22.9 Å². The zero-order valence-corrected chi connectivity index (χ0v) is 12.0. The minimum absolute atomic E-state index is 0.217. The molecule has 106 valence electrons. The predicted octanol–water partition coefficient (Wildman–Crippen LogP) is 3.36. The average molecular weight is 324 g/mol. The van der Waals surface area contributed by atoms with Crippen molar-refractivity contribution in [3.8, 4) is 17.1 Å². The summed E-state index contributed by atoms with van der Waals surface area (Å²) >= 11 is 12.3. The van der Waals surface area contributed by atoms with Crippen LogP contribution in [-0.2, 0) is 0 Å². The molecule has 21 heavy (non-hydrogen) atoms.